The Morgan fingerprint density at radius 2 is 1.78 bits per heavy atom. The van der Waals surface area contributed by atoms with Gasteiger partial charge in [0.1, 0.15) is 11.5 Å². The van der Waals surface area contributed by atoms with Crippen molar-refractivity contribution in [2.75, 3.05) is 0 Å². The van der Waals surface area contributed by atoms with E-state index in [9.17, 15) is 0 Å². The number of para-hydroxylation sites is 1. The fraction of sp³-hybridized carbons (Fsp3) is 0. The highest BCUT2D eigenvalue weighted by atomic mass is 32.1. The fourth-order valence-electron chi connectivity index (χ4n) is 1.74. The lowest BCUT2D eigenvalue weighted by Crippen LogP contribution is -1.86. The van der Waals surface area contributed by atoms with E-state index < -0.39 is 0 Å². The Balaban J connectivity index is 1.98. The van der Waals surface area contributed by atoms with Gasteiger partial charge in [-0.2, -0.15) is 0 Å². The van der Waals surface area contributed by atoms with E-state index >= 15 is 0 Å². The van der Waals surface area contributed by atoms with Crippen LogP contribution in [0.2, 0.25) is 0 Å². The van der Waals surface area contributed by atoms with Crippen LogP contribution in [-0.2, 0) is 0 Å². The lowest BCUT2D eigenvalue weighted by atomic mass is 10.1. The van der Waals surface area contributed by atoms with E-state index in [0.717, 1.165) is 17.1 Å². The third-order valence-corrected chi connectivity index (χ3v) is 3.44. The van der Waals surface area contributed by atoms with E-state index in [1.807, 2.05) is 54.6 Å². The molecule has 0 spiro atoms. The van der Waals surface area contributed by atoms with Gasteiger partial charge in [-0.1, -0.05) is 36.4 Å². The highest BCUT2D eigenvalue weighted by Crippen LogP contribution is 2.34. The van der Waals surface area contributed by atoms with E-state index in [2.05, 4.69) is 17.5 Å². The van der Waals surface area contributed by atoms with Crippen molar-refractivity contribution in [2.24, 2.45) is 0 Å². The second kappa shape index (κ2) is 5.07. The lowest BCUT2D eigenvalue weighted by molar-refractivity contribution is 0.484. The van der Waals surface area contributed by atoms with Crippen molar-refractivity contribution < 1.29 is 4.74 Å². The molecule has 0 fully saturated rings. The topological polar surface area (TPSA) is 9.23 Å². The van der Waals surface area contributed by atoms with Crippen LogP contribution in [0.4, 0.5) is 0 Å². The van der Waals surface area contributed by atoms with Gasteiger partial charge in [0.25, 0.3) is 0 Å². The molecule has 0 aliphatic carbocycles. The molecule has 2 heteroatoms. The van der Waals surface area contributed by atoms with Crippen molar-refractivity contribution >= 4 is 11.3 Å². The third kappa shape index (κ3) is 2.29. The summed E-state index contributed by atoms with van der Waals surface area (Å²) >= 11 is 1.69. The minimum absolute atomic E-state index is 0.839. The summed E-state index contributed by atoms with van der Waals surface area (Å²) in [5, 5.41) is 2.06. The molecular formula is C16H11OS. The quantitative estimate of drug-likeness (QED) is 0.636. The van der Waals surface area contributed by atoms with E-state index in [0.29, 0.717) is 0 Å². The zero-order valence-electron chi connectivity index (χ0n) is 9.67. The molecule has 0 saturated carbocycles. The highest BCUT2D eigenvalue weighted by molar-refractivity contribution is 7.13. The van der Waals surface area contributed by atoms with Gasteiger partial charge in [-0.3, -0.25) is 0 Å². The van der Waals surface area contributed by atoms with Gasteiger partial charge >= 0.3 is 0 Å². The van der Waals surface area contributed by atoms with Crippen molar-refractivity contribution in [2.45, 2.75) is 0 Å². The van der Waals surface area contributed by atoms with Crippen LogP contribution in [0.5, 0.6) is 11.5 Å². The van der Waals surface area contributed by atoms with E-state index in [1.165, 1.54) is 4.88 Å². The molecule has 87 valence electrons. The molecule has 2 aromatic carbocycles. The first-order chi connectivity index (χ1) is 8.93. The summed E-state index contributed by atoms with van der Waals surface area (Å²) < 4.78 is 5.91. The molecule has 0 N–H and O–H groups in total. The molecule has 3 rings (SSSR count). The van der Waals surface area contributed by atoms with Crippen LogP contribution < -0.4 is 4.74 Å². The Kier molecular flexibility index (Phi) is 3.11. The first-order valence-corrected chi connectivity index (χ1v) is 6.59. The van der Waals surface area contributed by atoms with Gasteiger partial charge in [0.15, 0.2) is 0 Å². The first-order valence-electron chi connectivity index (χ1n) is 5.71. The molecular weight excluding hydrogens is 240 g/mol. The van der Waals surface area contributed by atoms with Crippen molar-refractivity contribution in [3.8, 4) is 21.9 Å². The van der Waals surface area contributed by atoms with E-state index in [-0.39, 0.29) is 0 Å². The Morgan fingerprint density at radius 1 is 0.889 bits per heavy atom. The van der Waals surface area contributed by atoms with Crippen LogP contribution in [0, 0.1) is 6.07 Å². The normalized spacial score (nSPS) is 10.2. The smallest absolute Gasteiger partial charge is 0.136 e. The predicted octanol–water partition coefficient (Wildman–Crippen LogP) is 5.01. The monoisotopic (exact) mass is 251 g/mol. The molecule has 1 radical (unpaired) electrons. The molecule has 1 nitrogen and oxygen atoms in total. The fourth-order valence-corrected chi connectivity index (χ4v) is 2.47. The number of hydrogen-bond acceptors (Lipinski definition) is 2. The Hall–Kier alpha value is -2.06. The van der Waals surface area contributed by atoms with Crippen molar-refractivity contribution in [1.82, 2.24) is 0 Å². The van der Waals surface area contributed by atoms with Crippen LogP contribution in [0.3, 0.4) is 0 Å². The average Bonchev–Trinajstić information content (AvgIpc) is 2.94. The van der Waals surface area contributed by atoms with Crippen molar-refractivity contribution in [3.05, 3.63) is 72.1 Å². The Bertz CT molecular complexity index is 615. The standard InChI is InChI=1S/C16H11OS/c1-2-7-13(8-3-1)17-15-10-5-4-9-14(15)16-11-6-12-18-16/h1-8,10-12H. The van der Waals surface area contributed by atoms with E-state index in [1.54, 1.807) is 11.3 Å². The van der Waals surface area contributed by atoms with Gasteiger partial charge in [0, 0.05) is 10.4 Å². The minimum atomic E-state index is 0.839. The van der Waals surface area contributed by atoms with Gasteiger partial charge < -0.3 is 4.74 Å². The van der Waals surface area contributed by atoms with Gasteiger partial charge in [-0.15, -0.1) is 11.3 Å². The summed E-state index contributed by atoms with van der Waals surface area (Å²) in [7, 11) is 0. The molecule has 3 aromatic rings. The molecule has 1 aromatic heterocycles. The molecule has 0 atom stereocenters. The second-order valence-corrected chi connectivity index (χ2v) is 4.75. The maximum absolute atomic E-state index is 5.91. The van der Waals surface area contributed by atoms with Gasteiger partial charge in [0.05, 0.1) is 0 Å². The maximum atomic E-state index is 5.91. The SMILES string of the molecule is [c]1cccc(Oc2ccccc2)c1-c1cccs1. The van der Waals surface area contributed by atoms with Gasteiger partial charge in [-0.05, 0) is 35.7 Å². The predicted molar refractivity (Wildman–Crippen MR) is 75.1 cm³/mol. The number of hydrogen-bond donors (Lipinski definition) is 0. The van der Waals surface area contributed by atoms with Crippen LogP contribution in [0.1, 0.15) is 0 Å². The second-order valence-electron chi connectivity index (χ2n) is 3.80. The number of rotatable bonds is 3. The summed E-state index contributed by atoms with van der Waals surface area (Å²) in [4.78, 5) is 1.17. The maximum Gasteiger partial charge on any atom is 0.136 e. The van der Waals surface area contributed by atoms with Crippen molar-refractivity contribution in [3.63, 3.8) is 0 Å². The summed E-state index contributed by atoms with van der Waals surface area (Å²) in [6.07, 6.45) is 0. The van der Waals surface area contributed by atoms with Crippen molar-refractivity contribution in [1.29, 1.82) is 0 Å². The number of ether oxygens (including phenoxy) is 1. The zero-order chi connectivity index (χ0) is 12.2. The highest BCUT2D eigenvalue weighted by Gasteiger charge is 2.07. The van der Waals surface area contributed by atoms with Crippen LogP contribution >= 0.6 is 11.3 Å². The summed E-state index contributed by atoms with van der Waals surface area (Å²) in [6, 6.07) is 23.0. The molecule has 0 amide bonds. The summed E-state index contributed by atoms with van der Waals surface area (Å²) in [6.45, 7) is 0. The minimum Gasteiger partial charge on any atom is -0.457 e. The average molecular weight is 251 g/mol. The number of benzene rings is 2. The van der Waals surface area contributed by atoms with Gasteiger partial charge in [-0.25, -0.2) is 0 Å². The largest absolute Gasteiger partial charge is 0.457 e. The molecule has 0 saturated heterocycles. The molecule has 1 heterocycles. The van der Waals surface area contributed by atoms with Gasteiger partial charge in [0.2, 0.25) is 0 Å². The molecule has 0 bridgehead atoms. The first kappa shape index (κ1) is 11.1. The molecule has 0 unspecified atom stereocenters. The summed E-state index contributed by atoms with van der Waals surface area (Å²) in [5.41, 5.74) is 1.01. The third-order valence-electron chi connectivity index (χ3n) is 2.56. The molecule has 18 heavy (non-hydrogen) atoms. The zero-order valence-corrected chi connectivity index (χ0v) is 10.5. The van der Waals surface area contributed by atoms with Crippen LogP contribution in [0.15, 0.2) is 66.0 Å². The summed E-state index contributed by atoms with van der Waals surface area (Å²) in [5.74, 6) is 1.68. The van der Waals surface area contributed by atoms with Crippen LogP contribution in [-0.4, -0.2) is 0 Å². The molecule has 0 aliphatic heterocycles. The molecule has 0 aliphatic rings. The lowest BCUT2D eigenvalue weighted by Gasteiger charge is -2.09. The Labute approximate surface area is 110 Å². The van der Waals surface area contributed by atoms with Crippen LogP contribution in [0.25, 0.3) is 10.4 Å². The van der Waals surface area contributed by atoms with E-state index in [4.69, 9.17) is 4.74 Å². The number of thiophene rings is 1. The Morgan fingerprint density at radius 3 is 2.56 bits per heavy atom.